The number of hydrogen-bond donors (Lipinski definition) is 1. The van der Waals surface area contributed by atoms with Crippen molar-refractivity contribution in [2.24, 2.45) is 5.92 Å². The van der Waals surface area contributed by atoms with Crippen molar-refractivity contribution in [3.05, 3.63) is 11.6 Å². The van der Waals surface area contributed by atoms with Crippen LogP contribution in [0.5, 0.6) is 0 Å². The van der Waals surface area contributed by atoms with Crippen LogP contribution in [0.2, 0.25) is 0 Å². The summed E-state index contributed by atoms with van der Waals surface area (Å²) in [6.07, 6.45) is 4.75. The zero-order valence-electron chi connectivity index (χ0n) is 10.7. The Hall–Kier alpha value is -0.480. The van der Waals surface area contributed by atoms with Gasteiger partial charge in [-0.3, -0.25) is 0 Å². The summed E-state index contributed by atoms with van der Waals surface area (Å²) in [6.45, 7) is 5.89. The lowest BCUT2D eigenvalue weighted by Gasteiger charge is -2.10. The van der Waals surface area contributed by atoms with Gasteiger partial charge in [0, 0.05) is 12.1 Å². The van der Waals surface area contributed by atoms with Gasteiger partial charge in [0.25, 0.3) is 0 Å². The molecule has 0 aromatic carbocycles. The van der Waals surface area contributed by atoms with Crippen molar-refractivity contribution in [1.29, 1.82) is 0 Å². The molecule has 0 aliphatic heterocycles. The van der Waals surface area contributed by atoms with E-state index in [1.54, 1.807) is 0 Å². The number of nitrogens with one attached hydrogen (secondary N) is 1. The highest BCUT2D eigenvalue weighted by Crippen LogP contribution is 2.03. The van der Waals surface area contributed by atoms with Crippen LogP contribution in [0.4, 0.5) is 0 Å². The topological polar surface area (TPSA) is 38.3 Å². The van der Waals surface area contributed by atoms with Crippen molar-refractivity contribution in [3.8, 4) is 0 Å². The summed E-state index contributed by atoms with van der Waals surface area (Å²) in [4.78, 5) is 11.3. The van der Waals surface area contributed by atoms with E-state index < -0.39 is 0 Å². The molecule has 0 saturated carbocycles. The van der Waals surface area contributed by atoms with Crippen molar-refractivity contribution in [1.82, 2.24) is 5.32 Å². The average molecular weight is 245 g/mol. The summed E-state index contributed by atoms with van der Waals surface area (Å²) < 4.78 is 4.68. The average Bonchev–Trinajstić information content (AvgIpc) is 2.28. The zero-order valence-corrected chi connectivity index (χ0v) is 11.5. The minimum Gasteiger partial charge on any atom is -0.466 e. The molecule has 1 N–H and O–H groups in total. The minimum absolute atomic E-state index is 0.221. The van der Waals surface area contributed by atoms with Crippen molar-refractivity contribution in [2.45, 2.75) is 20.3 Å². The van der Waals surface area contributed by atoms with Crippen molar-refractivity contribution < 1.29 is 9.53 Å². The molecule has 1 atom stereocenters. The molecule has 16 heavy (non-hydrogen) atoms. The summed E-state index contributed by atoms with van der Waals surface area (Å²) in [7, 11) is 1.42. The smallest absolute Gasteiger partial charge is 0.333 e. The molecule has 0 aliphatic carbocycles. The van der Waals surface area contributed by atoms with Gasteiger partial charge in [0.15, 0.2) is 0 Å². The highest BCUT2D eigenvalue weighted by Gasteiger charge is 2.05. The van der Waals surface area contributed by atoms with Crippen LogP contribution < -0.4 is 5.32 Å². The Bertz CT molecular complexity index is 229. The van der Waals surface area contributed by atoms with Crippen LogP contribution in [-0.2, 0) is 9.53 Å². The molecule has 0 fully saturated rings. The number of carbonyl (C=O) groups is 1. The number of thioether (sulfide) groups is 1. The Balaban J connectivity index is 3.84. The number of rotatable bonds is 8. The van der Waals surface area contributed by atoms with Gasteiger partial charge in [-0.25, -0.2) is 4.79 Å². The first-order valence-electron chi connectivity index (χ1n) is 5.62. The minimum atomic E-state index is -0.221. The summed E-state index contributed by atoms with van der Waals surface area (Å²) in [5.74, 6) is 1.60. The number of hydrogen-bond acceptors (Lipinski definition) is 4. The van der Waals surface area contributed by atoms with E-state index in [4.69, 9.17) is 0 Å². The third-order valence-corrected chi connectivity index (χ3v) is 3.17. The summed E-state index contributed by atoms with van der Waals surface area (Å²) in [5.41, 5.74) is 0.743. The summed E-state index contributed by atoms with van der Waals surface area (Å²) in [6, 6.07) is 0. The fourth-order valence-electron chi connectivity index (χ4n) is 1.37. The molecule has 0 bridgehead atoms. The van der Waals surface area contributed by atoms with E-state index in [1.807, 2.05) is 24.8 Å². The largest absolute Gasteiger partial charge is 0.466 e. The van der Waals surface area contributed by atoms with E-state index in [1.165, 1.54) is 7.11 Å². The lowest BCUT2D eigenvalue weighted by atomic mass is 10.2. The molecule has 0 aromatic rings. The zero-order chi connectivity index (χ0) is 12.4. The Morgan fingerprint density at radius 1 is 1.56 bits per heavy atom. The van der Waals surface area contributed by atoms with E-state index >= 15 is 0 Å². The quantitative estimate of drug-likeness (QED) is 0.404. The molecule has 0 aromatic heterocycles. The molecule has 0 radical (unpaired) electrons. The lowest BCUT2D eigenvalue weighted by Crippen LogP contribution is -2.23. The molecule has 1 unspecified atom stereocenters. The predicted octanol–water partition coefficient (Wildman–Crippen LogP) is 2.08. The fraction of sp³-hybridized carbons (Fsp3) is 0.750. The molecule has 0 amide bonds. The number of methoxy groups -OCH3 is 1. The third kappa shape index (κ3) is 6.90. The number of ether oxygens (including phenoxy) is 1. The molecule has 0 rings (SSSR count). The SMILES string of the molecule is CCC(=CCNCC(C)CSC)C(=O)OC. The van der Waals surface area contributed by atoms with Gasteiger partial charge in [0.1, 0.15) is 0 Å². The fourth-order valence-corrected chi connectivity index (χ4v) is 2.06. The van der Waals surface area contributed by atoms with Crippen molar-refractivity contribution in [2.75, 3.05) is 32.2 Å². The van der Waals surface area contributed by atoms with E-state index in [9.17, 15) is 4.79 Å². The second-order valence-electron chi connectivity index (χ2n) is 3.79. The summed E-state index contributed by atoms with van der Waals surface area (Å²) >= 11 is 1.86. The second-order valence-corrected chi connectivity index (χ2v) is 4.70. The van der Waals surface area contributed by atoms with E-state index in [2.05, 4.69) is 23.2 Å². The van der Waals surface area contributed by atoms with E-state index in [-0.39, 0.29) is 5.97 Å². The van der Waals surface area contributed by atoms with Gasteiger partial charge in [0.2, 0.25) is 0 Å². The molecule has 4 heteroatoms. The molecule has 94 valence electrons. The van der Waals surface area contributed by atoms with Crippen LogP contribution in [-0.4, -0.2) is 38.2 Å². The lowest BCUT2D eigenvalue weighted by molar-refractivity contribution is -0.136. The molecule has 0 heterocycles. The normalized spacial score (nSPS) is 13.6. The van der Waals surface area contributed by atoms with Crippen LogP contribution in [0.15, 0.2) is 11.6 Å². The standard InChI is InChI=1S/C12H23NO2S/c1-5-11(12(14)15-3)6-7-13-8-10(2)9-16-4/h6,10,13H,5,7-9H2,1-4H3. The second kappa shape index (κ2) is 9.73. The van der Waals surface area contributed by atoms with Crippen LogP contribution in [0.1, 0.15) is 20.3 Å². The van der Waals surface area contributed by atoms with Crippen molar-refractivity contribution >= 4 is 17.7 Å². The van der Waals surface area contributed by atoms with Gasteiger partial charge in [0.05, 0.1) is 7.11 Å². The monoisotopic (exact) mass is 245 g/mol. The molecule has 0 saturated heterocycles. The Kier molecular flexibility index (Phi) is 9.43. The van der Waals surface area contributed by atoms with Gasteiger partial charge >= 0.3 is 5.97 Å². The number of esters is 1. The highest BCUT2D eigenvalue weighted by atomic mass is 32.2. The van der Waals surface area contributed by atoms with Gasteiger partial charge < -0.3 is 10.1 Å². The first kappa shape index (κ1) is 15.5. The van der Waals surface area contributed by atoms with Gasteiger partial charge in [-0.2, -0.15) is 11.8 Å². The van der Waals surface area contributed by atoms with Crippen LogP contribution >= 0.6 is 11.8 Å². The predicted molar refractivity (Wildman–Crippen MR) is 70.8 cm³/mol. The third-order valence-electron chi connectivity index (χ3n) is 2.27. The van der Waals surface area contributed by atoms with E-state index in [0.717, 1.165) is 24.4 Å². The van der Waals surface area contributed by atoms with Gasteiger partial charge in [-0.1, -0.05) is 19.9 Å². The first-order chi connectivity index (χ1) is 7.65. The molecular weight excluding hydrogens is 222 g/mol. The van der Waals surface area contributed by atoms with Crippen LogP contribution in [0.3, 0.4) is 0 Å². The van der Waals surface area contributed by atoms with Gasteiger partial charge in [-0.05, 0) is 30.9 Å². The molecule has 3 nitrogen and oxygen atoms in total. The first-order valence-corrected chi connectivity index (χ1v) is 7.02. The van der Waals surface area contributed by atoms with Crippen molar-refractivity contribution in [3.63, 3.8) is 0 Å². The maximum Gasteiger partial charge on any atom is 0.333 e. The van der Waals surface area contributed by atoms with Crippen LogP contribution in [0, 0.1) is 5.92 Å². The maximum absolute atomic E-state index is 11.3. The summed E-state index contributed by atoms with van der Waals surface area (Å²) in [5, 5.41) is 3.32. The number of carbonyl (C=O) groups excluding carboxylic acids is 1. The maximum atomic E-state index is 11.3. The van der Waals surface area contributed by atoms with Gasteiger partial charge in [-0.15, -0.1) is 0 Å². The van der Waals surface area contributed by atoms with E-state index in [0.29, 0.717) is 12.3 Å². The Morgan fingerprint density at radius 2 is 2.25 bits per heavy atom. The Labute approximate surface area is 103 Å². The van der Waals surface area contributed by atoms with Crippen LogP contribution in [0.25, 0.3) is 0 Å². The Morgan fingerprint density at radius 3 is 2.75 bits per heavy atom. The molecule has 0 aliphatic rings. The molecule has 0 spiro atoms. The highest BCUT2D eigenvalue weighted by molar-refractivity contribution is 7.98. The molecular formula is C12H23NO2S.